The summed E-state index contributed by atoms with van der Waals surface area (Å²) in [6.07, 6.45) is 3.69. The van der Waals surface area contributed by atoms with Gasteiger partial charge in [0.05, 0.1) is 11.2 Å². The van der Waals surface area contributed by atoms with Crippen LogP contribution in [-0.2, 0) is 26.7 Å². The molecular weight excluding hydrogens is 563 g/mol. The molecule has 1 fully saturated rings. The number of hydrogen-bond acceptors (Lipinski definition) is 4. The van der Waals surface area contributed by atoms with E-state index in [0.29, 0.717) is 11.7 Å². The Hall–Kier alpha value is -3.68. The average molecular weight is 609 g/mol. The van der Waals surface area contributed by atoms with Crippen LogP contribution in [0.25, 0.3) is 0 Å². The number of carbonyl (C=O) groups is 1. The van der Waals surface area contributed by atoms with Crippen molar-refractivity contribution in [3.05, 3.63) is 108 Å². The molecule has 0 saturated heterocycles. The van der Waals surface area contributed by atoms with Crippen LogP contribution in [0.4, 0.5) is 10.6 Å². The second-order valence-corrected chi connectivity index (χ2v) is 15.9. The van der Waals surface area contributed by atoms with E-state index in [4.69, 9.17) is 14.3 Å². The number of nitrogens with one attached hydrogen (secondary N) is 1. The smallest absolute Gasteiger partial charge is 0.413 e. The molecule has 3 aromatic carbocycles. The van der Waals surface area contributed by atoms with Gasteiger partial charge in [-0.05, 0) is 73.4 Å². The third-order valence-electron chi connectivity index (χ3n) is 8.23. The van der Waals surface area contributed by atoms with Gasteiger partial charge in [-0.25, -0.2) is 9.48 Å². The summed E-state index contributed by atoms with van der Waals surface area (Å²) in [6.45, 7) is 13.3. The van der Waals surface area contributed by atoms with Crippen LogP contribution in [0.3, 0.4) is 0 Å². The van der Waals surface area contributed by atoms with Crippen molar-refractivity contribution in [3.8, 4) is 0 Å². The molecule has 7 heteroatoms. The Morgan fingerprint density at radius 3 is 2.02 bits per heavy atom. The first kappa shape index (κ1) is 31.7. The van der Waals surface area contributed by atoms with E-state index in [1.54, 1.807) is 0 Å². The number of rotatable bonds is 8. The molecule has 6 nitrogen and oxygen atoms in total. The van der Waals surface area contributed by atoms with Gasteiger partial charge in [0.15, 0.2) is 0 Å². The van der Waals surface area contributed by atoms with Crippen LogP contribution in [0.15, 0.2) is 91.0 Å². The molecule has 1 radical (unpaired) electrons. The molecule has 1 saturated carbocycles. The molecule has 0 aliphatic heterocycles. The fourth-order valence-corrected chi connectivity index (χ4v) is 7.86. The number of hydrogen-bond donors (Lipinski definition) is 1. The molecule has 1 N–H and O–H groups in total. The fraction of sp³-hybridized carbons (Fsp3) is 0.405. The average Bonchev–Trinajstić information content (AvgIpc) is 3.44. The van der Waals surface area contributed by atoms with E-state index in [0.717, 1.165) is 36.9 Å². The molecule has 4 aromatic rings. The minimum Gasteiger partial charge on any atom is -0.444 e. The van der Waals surface area contributed by atoms with Crippen LogP contribution in [0.5, 0.6) is 0 Å². The van der Waals surface area contributed by atoms with Crippen LogP contribution in [-0.4, -0.2) is 31.0 Å². The van der Waals surface area contributed by atoms with E-state index in [-0.39, 0.29) is 23.7 Å². The minimum absolute atomic E-state index is 0.120. The first-order chi connectivity index (χ1) is 21.0. The SMILES string of the molecule is CC(C)(C)c1ccc([Si](OC2CCC(c3cc(NC(=O)OCc4ccccc4)n(C(C)(C)C)n3)CC2)c2ccccc2)cc1. The lowest BCUT2D eigenvalue weighted by molar-refractivity contribution is 0.150. The van der Waals surface area contributed by atoms with Gasteiger partial charge >= 0.3 is 6.09 Å². The zero-order valence-corrected chi connectivity index (χ0v) is 28.0. The second kappa shape index (κ2) is 13.5. The van der Waals surface area contributed by atoms with E-state index in [2.05, 4.69) is 101 Å². The van der Waals surface area contributed by atoms with Gasteiger partial charge in [0, 0.05) is 18.1 Å². The van der Waals surface area contributed by atoms with Crippen molar-refractivity contribution in [1.29, 1.82) is 0 Å². The Balaban J connectivity index is 1.25. The van der Waals surface area contributed by atoms with Crippen LogP contribution < -0.4 is 15.7 Å². The summed E-state index contributed by atoms with van der Waals surface area (Å²) in [5.74, 6) is 0.981. The highest BCUT2D eigenvalue weighted by molar-refractivity contribution is 6.80. The van der Waals surface area contributed by atoms with Crippen molar-refractivity contribution in [1.82, 2.24) is 9.78 Å². The van der Waals surface area contributed by atoms with Gasteiger partial charge in [-0.15, -0.1) is 0 Å². The van der Waals surface area contributed by atoms with Gasteiger partial charge in [-0.3, -0.25) is 5.32 Å². The Morgan fingerprint density at radius 1 is 0.841 bits per heavy atom. The summed E-state index contributed by atoms with van der Waals surface area (Å²) in [5.41, 5.74) is 3.13. The highest BCUT2D eigenvalue weighted by atomic mass is 28.3. The van der Waals surface area contributed by atoms with Crippen LogP contribution in [0.2, 0.25) is 0 Å². The van der Waals surface area contributed by atoms with Crippen molar-refractivity contribution in [2.45, 2.75) is 96.8 Å². The Kier molecular flexibility index (Phi) is 9.76. The van der Waals surface area contributed by atoms with E-state index in [1.807, 2.05) is 41.1 Å². The maximum absolute atomic E-state index is 12.7. The van der Waals surface area contributed by atoms with E-state index in [9.17, 15) is 4.79 Å². The lowest BCUT2D eigenvalue weighted by atomic mass is 9.85. The number of benzene rings is 3. The topological polar surface area (TPSA) is 65.4 Å². The Labute approximate surface area is 264 Å². The molecule has 44 heavy (non-hydrogen) atoms. The molecule has 1 heterocycles. The van der Waals surface area contributed by atoms with E-state index >= 15 is 0 Å². The van der Waals surface area contributed by atoms with Gasteiger partial charge in [0.2, 0.25) is 0 Å². The predicted octanol–water partition coefficient (Wildman–Crippen LogP) is 7.53. The summed E-state index contributed by atoms with van der Waals surface area (Å²) in [7, 11) is -1.38. The number of anilines is 1. The third-order valence-corrected chi connectivity index (χ3v) is 10.5. The Morgan fingerprint density at radius 2 is 1.43 bits per heavy atom. The molecule has 0 unspecified atom stereocenters. The molecule has 231 valence electrons. The minimum atomic E-state index is -1.38. The molecule has 0 spiro atoms. The molecule has 0 bridgehead atoms. The van der Waals surface area contributed by atoms with Crippen LogP contribution in [0.1, 0.15) is 90.0 Å². The quantitative estimate of drug-likeness (QED) is 0.210. The van der Waals surface area contributed by atoms with Gasteiger partial charge in [0.1, 0.15) is 12.4 Å². The lowest BCUT2D eigenvalue weighted by Crippen LogP contribution is -2.47. The normalized spacial score (nSPS) is 17.4. The van der Waals surface area contributed by atoms with Crippen molar-refractivity contribution in [3.63, 3.8) is 0 Å². The third kappa shape index (κ3) is 8.07. The first-order valence-electron chi connectivity index (χ1n) is 15.8. The van der Waals surface area contributed by atoms with Crippen molar-refractivity contribution in [2.75, 3.05) is 5.32 Å². The standard InChI is InChI=1S/C37H46N3O3Si/c1-36(2,3)29-19-23-32(24-20-29)44(31-15-11-8-12-16-31)43-30-21-17-28(18-22-30)33-25-34(40(39-33)37(4,5)6)38-35(41)42-26-27-13-9-7-10-14-27/h7-16,19-20,23-25,28,30H,17-18,21-22,26H2,1-6H3,(H,38,41). The maximum atomic E-state index is 12.7. The number of nitrogens with zero attached hydrogens (tertiary/aromatic N) is 2. The molecule has 1 aliphatic carbocycles. The van der Waals surface area contributed by atoms with Crippen molar-refractivity contribution >= 4 is 31.3 Å². The summed E-state index contributed by atoms with van der Waals surface area (Å²) in [4.78, 5) is 12.7. The highest BCUT2D eigenvalue weighted by Gasteiger charge is 2.31. The molecule has 5 rings (SSSR count). The van der Waals surface area contributed by atoms with Crippen LogP contribution in [0, 0.1) is 0 Å². The van der Waals surface area contributed by atoms with Gasteiger partial charge in [-0.2, -0.15) is 5.10 Å². The fourth-order valence-electron chi connectivity index (χ4n) is 5.72. The van der Waals surface area contributed by atoms with Gasteiger partial charge in [-0.1, -0.05) is 106 Å². The molecule has 0 atom stereocenters. The summed E-state index contributed by atoms with van der Waals surface area (Å²) < 4.78 is 14.4. The number of aromatic nitrogens is 2. The van der Waals surface area contributed by atoms with Gasteiger partial charge < -0.3 is 9.16 Å². The van der Waals surface area contributed by atoms with Crippen molar-refractivity contribution < 1.29 is 14.0 Å². The number of amides is 1. The van der Waals surface area contributed by atoms with Crippen molar-refractivity contribution in [2.24, 2.45) is 0 Å². The zero-order valence-electron chi connectivity index (χ0n) is 27.0. The van der Waals surface area contributed by atoms with E-state index in [1.165, 1.54) is 15.9 Å². The summed E-state index contributed by atoms with van der Waals surface area (Å²) in [5, 5.41) is 10.5. The molecular formula is C37H46N3O3Si. The second-order valence-electron chi connectivity index (χ2n) is 13.8. The molecule has 1 amide bonds. The van der Waals surface area contributed by atoms with E-state index < -0.39 is 15.1 Å². The zero-order chi connectivity index (χ0) is 31.3. The van der Waals surface area contributed by atoms with Crippen LogP contribution >= 0.6 is 0 Å². The monoisotopic (exact) mass is 608 g/mol. The molecule has 1 aliphatic rings. The predicted molar refractivity (Wildman–Crippen MR) is 180 cm³/mol. The number of carbonyl (C=O) groups excluding carboxylic acids is 1. The van der Waals surface area contributed by atoms with Gasteiger partial charge in [0.25, 0.3) is 9.04 Å². The largest absolute Gasteiger partial charge is 0.444 e. The molecule has 1 aromatic heterocycles. The lowest BCUT2D eigenvalue weighted by Gasteiger charge is -2.31. The number of ether oxygens (including phenoxy) is 1. The first-order valence-corrected chi connectivity index (χ1v) is 17.2. The maximum Gasteiger partial charge on any atom is 0.413 e. The summed E-state index contributed by atoms with van der Waals surface area (Å²) in [6, 6.07) is 31.5. The highest BCUT2D eigenvalue weighted by Crippen LogP contribution is 2.36. The Bertz CT molecular complexity index is 1500. The summed E-state index contributed by atoms with van der Waals surface area (Å²) >= 11 is 0.